The van der Waals surface area contributed by atoms with Crippen LogP contribution in [0.15, 0.2) is 30.3 Å². The summed E-state index contributed by atoms with van der Waals surface area (Å²) in [5.74, 6) is 0.709. The van der Waals surface area contributed by atoms with E-state index in [0.29, 0.717) is 11.7 Å². The Labute approximate surface area is 155 Å². The molecule has 2 heterocycles. The van der Waals surface area contributed by atoms with Crippen LogP contribution in [-0.4, -0.2) is 46.6 Å². The first-order valence-corrected chi connectivity index (χ1v) is 9.35. The molecule has 1 saturated heterocycles. The first-order valence-electron chi connectivity index (χ1n) is 9.35. The van der Waals surface area contributed by atoms with Crippen molar-refractivity contribution in [2.45, 2.75) is 58.7 Å². The van der Waals surface area contributed by atoms with Crippen molar-refractivity contribution in [2.75, 3.05) is 13.1 Å². The van der Waals surface area contributed by atoms with Gasteiger partial charge in [0.25, 0.3) is 5.91 Å². The number of fused-ring (bicyclic) bond motifs is 1. The van der Waals surface area contributed by atoms with E-state index in [-0.39, 0.29) is 17.6 Å². The normalized spacial score (nSPS) is 18.5. The molecule has 3 rings (SSSR count). The summed E-state index contributed by atoms with van der Waals surface area (Å²) >= 11 is 0. The molecule has 1 unspecified atom stereocenters. The van der Waals surface area contributed by atoms with Gasteiger partial charge in [-0.05, 0) is 65.3 Å². The minimum Gasteiger partial charge on any atom is -0.489 e. The van der Waals surface area contributed by atoms with Crippen molar-refractivity contribution in [3.8, 4) is 5.75 Å². The summed E-state index contributed by atoms with van der Waals surface area (Å²) in [5, 5.41) is 3.92. The van der Waals surface area contributed by atoms with Gasteiger partial charge in [-0.1, -0.05) is 6.07 Å². The molecule has 1 aromatic heterocycles. The van der Waals surface area contributed by atoms with E-state index in [1.807, 2.05) is 45.0 Å². The fourth-order valence-corrected chi connectivity index (χ4v) is 3.22. The molecule has 1 amide bonds. The molecular weight excluding hydrogens is 326 g/mol. The third-order valence-electron chi connectivity index (χ3n) is 4.59. The minimum atomic E-state index is -0.281. The molecule has 0 radical (unpaired) electrons. The van der Waals surface area contributed by atoms with Crippen molar-refractivity contribution in [1.29, 1.82) is 0 Å². The molecule has 5 nitrogen and oxygen atoms in total. The quantitative estimate of drug-likeness (QED) is 0.910. The number of likely N-dealkylation sites (tertiary alicyclic amines) is 1. The van der Waals surface area contributed by atoms with Crippen LogP contribution in [0.5, 0.6) is 5.75 Å². The second-order valence-electron chi connectivity index (χ2n) is 8.37. The first kappa shape index (κ1) is 18.6. The van der Waals surface area contributed by atoms with E-state index in [4.69, 9.17) is 4.74 Å². The molecule has 0 spiro atoms. The second-order valence-corrected chi connectivity index (χ2v) is 8.37. The van der Waals surface area contributed by atoms with Gasteiger partial charge in [0, 0.05) is 30.1 Å². The number of amides is 1. The lowest BCUT2D eigenvalue weighted by Crippen LogP contribution is -2.40. The zero-order valence-electron chi connectivity index (χ0n) is 16.4. The molecule has 1 fully saturated rings. The third kappa shape index (κ3) is 4.52. The van der Waals surface area contributed by atoms with Gasteiger partial charge in [0.15, 0.2) is 0 Å². The van der Waals surface area contributed by atoms with Crippen LogP contribution in [0.4, 0.5) is 0 Å². The van der Waals surface area contributed by atoms with Gasteiger partial charge in [-0.25, -0.2) is 4.98 Å². The van der Waals surface area contributed by atoms with Gasteiger partial charge in [-0.3, -0.25) is 9.69 Å². The number of carbonyl (C=O) groups excluding carboxylic acids is 1. The molecule has 5 heteroatoms. The van der Waals surface area contributed by atoms with Crippen LogP contribution in [0.2, 0.25) is 0 Å². The Kier molecular flexibility index (Phi) is 5.19. The summed E-state index contributed by atoms with van der Waals surface area (Å²) in [7, 11) is 0. The van der Waals surface area contributed by atoms with Crippen LogP contribution in [0.3, 0.4) is 0 Å². The average Bonchev–Trinajstić information content (AvgIpc) is 3.01. The molecule has 0 saturated carbocycles. The van der Waals surface area contributed by atoms with Gasteiger partial charge in [0.05, 0.1) is 5.52 Å². The van der Waals surface area contributed by atoms with Crippen molar-refractivity contribution in [3.63, 3.8) is 0 Å². The minimum absolute atomic E-state index is 0.153. The number of carbonyl (C=O) groups is 1. The fraction of sp³-hybridized carbons (Fsp3) is 0.524. The molecule has 1 atom stereocenters. The van der Waals surface area contributed by atoms with Crippen LogP contribution in [0, 0.1) is 0 Å². The zero-order chi connectivity index (χ0) is 18.9. The highest BCUT2D eigenvalue weighted by molar-refractivity contribution is 5.95. The van der Waals surface area contributed by atoms with E-state index in [2.05, 4.69) is 29.0 Å². The first-order chi connectivity index (χ1) is 12.2. The fourth-order valence-electron chi connectivity index (χ4n) is 3.22. The van der Waals surface area contributed by atoms with Gasteiger partial charge < -0.3 is 10.1 Å². The Morgan fingerprint density at radius 3 is 2.69 bits per heavy atom. The highest BCUT2D eigenvalue weighted by Gasteiger charge is 2.25. The lowest BCUT2D eigenvalue weighted by molar-refractivity contribution is 0.0915. The van der Waals surface area contributed by atoms with Crippen molar-refractivity contribution in [2.24, 2.45) is 0 Å². The maximum Gasteiger partial charge on any atom is 0.270 e. The maximum atomic E-state index is 12.3. The number of nitrogens with one attached hydrogen (secondary N) is 1. The standard InChI is InChI=1S/C21H29N3O2/c1-14(2)24-11-10-17(13-24)26-16-7-9-18-15(12-16)6-8-19(22-18)20(25)23-21(3,4)5/h6-9,12,14,17H,10-11,13H2,1-5H3,(H,23,25). The summed E-state index contributed by atoms with van der Waals surface area (Å²) in [5.41, 5.74) is 0.954. The second kappa shape index (κ2) is 7.23. The molecule has 1 N–H and O–H groups in total. The van der Waals surface area contributed by atoms with Crippen LogP contribution >= 0.6 is 0 Å². The van der Waals surface area contributed by atoms with Gasteiger partial charge in [0.1, 0.15) is 17.5 Å². The Balaban J connectivity index is 1.72. The van der Waals surface area contributed by atoms with E-state index >= 15 is 0 Å². The summed E-state index contributed by atoms with van der Waals surface area (Å²) in [6.45, 7) is 12.4. The molecule has 140 valence electrons. The molecule has 1 aromatic carbocycles. The van der Waals surface area contributed by atoms with Crippen LogP contribution in [-0.2, 0) is 0 Å². The zero-order valence-corrected chi connectivity index (χ0v) is 16.4. The molecule has 1 aliphatic heterocycles. The summed E-state index contributed by atoms with van der Waals surface area (Å²) in [4.78, 5) is 19.2. The Bertz CT molecular complexity index is 795. The third-order valence-corrected chi connectivity index (χ3v) is 4.59. The lowest BCUT2D eigenvalue weighted by Gasteiger charge is -2.20. The summed E-state index contributed by atoms with van der Waals surface area (Å²) in [6.07, 6.45) is 1.29. The number of ether oxygens (including phenoxy) is 1. The Morgan fingerprint density at radius 2 is 2.04 bits per heavy atom. The predicted octanol–water partition coefficient (Wildman–Crippen LogP) is 3.62. The SMILES string of the molecule is CC(C)N1CCC(Oc2ccc3nc(C(=O)NC(C)(C)C)ccc3c2)C1. The molecule has 0 bridgehead atoms. The van der Waals surface area contributed by atoms with Crippen LogP contribution in [0.1, 0.15) is 51.5 Å². The number of hydrogen-bond donors (Lipinski definition) is 1. The molecule has 1 aliphatic rings. The van der Waals surface area contributed by atoms with Crippen molar-refractivity contribution in [1.82, 2.24) is 15.2 Å². The topological polar surface area (TPSA) is 54.5 Å². The van der Waals surface area contributed by atoms with Crippen molar-refractivity contribution < 1.29 is 9.53 Å². The van der Waals surface area contributed by atoms with E-state index in [0.717, 1.165) is 36.2 Å². The predicted molar refractivity (Wildman–Crippen MR) is 105 cm³/mol. The Morgan fingerprint density at radius 1 is 1.27 bits per heavy atom. The van der Waals surface area contributed by atoms with E-state index in [9.17, 15) is 4.79 Å². The molecule has 0 aliphatic carbocycles. The smallest absolute Gasteiger partial charge is 0.270 e. The highest BCUT2D eigenvalue weighted by atomic mass is 16.5. The number of aromatic nitrogens is 1. The average molecular weight is 355 g/mol. The highest BCUT2D eigenvalue weighted by Crippen LogP contribution is 2.24. The van der Waals surface area contributed by atoms with Gasteiger partial charge in [-0.15, -0.1) is 0 Å². The number of pyridine rings is 1. The molecular formula is C21H29N3O2. The van der Waals surface area contributed by atoms with E-state index < -0.39 is 0 Å². The van der Waals surface area contributed by atoms with Crippen molar-refractivity contribution in [3.05, 3.63) is 36.0 Å². The van der Waals surface area contributed by atoms with E-state index in [1.165, 1.54) is 0 Å². The lowest BCUT2D eigenvalue weighted by atomic mass is 10.1. The number of nitrogens with zero attached hydrogens (tertiary/aromatic N) is 2. The van der Waals surface area contributed by atoms with E-state index in [1.54, 1.807) is 6.07 Å². The van der Waals surface area contributed by atoms with Gasteiger partial charge in [0.2, 0.25) is 0 Å². The number of benzene rings is 1. The summed E-state index contributed by atoms with van der Waals surface area (Å²) in [6, 6.07) is 10.1. The van der Waals surface area contributed by atoms with Crippen molar-refractivity contribution >= 4 is 16.8 Å². The molecule has 26 heavy (non-hydrogen) atoms. The number of hydrogen-bond acceptors (Lipinski definition) is 4. The maximum absolute atomic E-state index is 12.3. The van der Waals surface area contributed by atoms with Crippen LogP contribution < -0.4 is 10.1 Å². The van der Waals surface area contributed by atoms with Gasteiger partial charge in [-0.2, -0.15) is 0 Å². The van der Waals surface area contributed by atoms with Gasteiger partial charge >= 0.3 is 0 Å². The molecule has 2 aromatic rings. The largest absolute Gasteiger partial charge is 0.489 e. The number of rotatable bonds is 4. The summed E-state index contributed by atoms with van der Waals surface area (Å²) < 4.78 is 6.16. The monoisotopic (exact) mass is 355 g/mol. The Hall–Kier alpha value is -2.14. The van der Waals surface area contributed by atoms with Crippen LogP contribution in [0.25, 0.3) is 10.9 Å².